The molecule has 0 aromatic heterocycles. The molecule has 3 rings (SSSR count). The number of para-hydroxylation sites is 2. The first-order chi connectivity index (χ1) is 12.5. The van der Waals surface area contributed by atoms with Gasteiger partial charge in [0.15, 0.2) is 0 Å². The van der Waals surface area contributed by atoms with Gasteiger partial charge < -0.3 is 15.0 Å². The second-order valence-corrected chi connectivity index (χ2v) is 7.17. The van der Waals surface area contributed by atoms with E-state index >= 15 is 0 Å². The number of nitrogens with one attached hydrogen (secondary N) is 1. The van der Waals surface area contributed by atoms with Crippen molar-refractivity contribution >= 4 is 39.1 Å². The minimum atomic E-state index is -0.393. The van der Waals surface area contributed by atoms with Gasteiger partial charge in [-0.15, -0.1) is 0 Å². The maximum Gasteiger partial charge on any atom is 0.229 e. The second-order valence-electron chi connectivity index (χ2n) is 6.25. The number of rotatable bonds is 5. The molecule has 26 heavy (non-hydrogen) atoms. The molecule has 1 unspecified atom stereocenters. The Hall–Kier alpha value is -2.34. The number of amides is 2. The lowest BCUT2D eigenvalue weighted by molar-refractivity contribution is -0.122. The van der Waals surface area contributed by atoms with E-state index < -0.39 is 5.92 Å². The van der Waals surface area contributed by atoms with E-state index in [2.05, 4.69) is 21.2 Å². The molecule has 0 radical (unpaired) electrons. The molecule has 0 saturated carbocycles. The number of carbonyl (C=O) groups excluding carboxylic acids is 2. The van der Waals surface area contributed by atoms with Crippen LogP contribution in [0.25, 0.3) is 0 Å². The van der Waals surface area contributed by atoms with Gasteiger partial charge in [0.1, 0.15) is 5.75 Å². The van der Waals surface area contributed by atoms with Gasteiger partial charge in [-0.1, -0.05) is 34.1 Å². The van der Waals surface area contributed by atoms with Gasteiger partial charge in [-0.3, -0.25) is 9.59 Å². The monoisotopic (exact) mass is 416 g/mol. The van der Waals surface area contributed by atoms with Gasteiger partial charge in [0.25, 0.3) is 0 Å². The fourth-order valence-electron chi connectivity index (χ4n) is 3.04. The molecule has 1 heterocycles. The highest BCUT2D eigenvalue weighted by molar-refractivity contribution is 9.10. The molecular weight excluding hydrogens is 396 g/mol. The van der Waals surface area contributed by atoms with E-state index in [9.17, 15) is 9.59 Å². The maximum atomic E-state index is 12.7. The molecule has 2 aromatic rings. The first-order valence-electron chi connectivity index (χ1n) is 8.58. The molecule has 1 saturated heterocycles. The Bertz CT molecular complexity index is 838. The van der Waals surface area contributed by atoms with E-state index in [1.165, 1.54) is 0 Å². The Balaban J connectivity index is 1.75. The number of hydrogen-bond acceptors (Lipinski definition) is 3. The average molecular weight is 417 g/mol. The molecule has 6 heteroatoms. The fraction of sp³-hybridized carbons (Fsp3) is 0.300. The van der Waals surface area contributed by atoms with Gasteiger partial charge in [-0.05, 0) is 43.7 Å². The van der Waals surface area contributed by atoms with E-state index in [1.54, 1.807) is 4.90 Å². The Labute approximate surface area is 161 Å². The zero-order valence-electron chi connectivity index (χ0n) is 14.8. The van der Waals surface area contributed by atoms with Crippen LogP contribution in [-0.2, 0) is 9.59 Å². The third-order valence-electron chi connectivity index (χ3n) is 4.41. The lowest BCUT2D eigenvalue weighted by atomic mass is 10.1. The van der Waals surface area contributed by atoms with E-state index in [1.807, 2.05) is 56.3 Å². The summed E-state index contributed by atoms with van der Waals surface area (Å²) in [5.41, 5.74) is 2.45. The predicted molar refractivity (Wildman–Crippen MR) is 106 cm³/mol. The summed E-state index contributed by atoms with van der Waals surface area (Å²) < 4.78 is 6.51. The van der Waals surface area contributed by atoms with Gasteiger partial charge in [-0.2, -0.15) is 0 Å². The quantitative estimate of drug-likeness (QED) is 0.796. The van der Waals surface area contributed by atoms with E-state index in [-0.39, 0.29) is 18.2 Å². The molecule has 136 valence electrons. The molecule has 2 amide bonds. The van der Waals surface area contributed by atoms with Crippen molar-refractivity contribution in [1.82, 2.24) is 0 Å². The van der Waals surface area contributed by atoms with E-state index in [4.69, 9.17) is 4.74 Å². The molecule has 1 fully saturated rings. The summed E-state index contributed by atoms with van der Waals surface area (Å²) in [6.45, 7) is 4.71. The van der Waals surface area contributed by atoms with Gasteiger partial charge in [0.05, 0.1) is 18.2 Å². The largest absolute Gasteiger partial charge is 0.492 e. The Kier molecular flexibility index (Phi) is 5.61. The van der Waals surface area contributed by atoms with Crippen molar-refractivity contribution in [3.8, 4) is 5.75 Å². The minimum absolute atomic E-state index is 0.0664. The highest BCUT2D eigenvalue weighted by atomic mass is 79.9. The molecule has 5 nitrogen and oxygen atoms in total. The Morgan fingerprint density at radius 2 is 2.08 bits per heavy atom. The smallest absolute Gasteiger partial charge is 0.229 e. The minimum Gasteiger partial charge on any atom is -0.492 e. The summed E-state index contributed by atoms with van der Waals surface area (Å²) in [6, 6.07) is 13.2. The molecule has 1 aliphatic rings. The highest BCUT2D eigenvalue weighted by Gasteiger charge is 2.36. The molecule has 1 atom stereocenters. The highest BCUT2D eigenvalue weighted by Crippen LogP contribution is 2.33. The number of halogens is 1. The maximum absolute atomic E-state index is 12.7. The van der Waals surface area contributed by atoms with Crippen molar-refractivity contribution in [3.05, 3.63) is 52.5 Å². The van der Waals surface area contributed by atoms with Crippen LogP contribution in [0, 0.1) is 12.8 Å². The normalized spacial score (nSPS) is 16.7. The molecule has 1 aliphatic heterocycles. The van der Waals surface area contributed by atoms with Crippen LogP contribution in [0.5, 0.6) is 5.75 Å². The molecule has 1 N–H and O–H groups in total. The Morgan fingerprint density at radius 3 is 2.85 bits per heavy atom. The topological polar surface area (TPSA) is 58.6 Å². The predicted octanol–water partition coefficient (Wildman–Crippen LogP) is 4.15. The van der Waals surface area contributed by atoms with Crippen molar-refractivity contribution in [2.24, 2.45) is 5.92 Å². The summed E-state index contributed by atoms with van der Waals surface area (Å²) in [4.78, 5) is 26.8. The number of benzene rings is 2. The van der Waals surface area contributed by atoms with Crippen molar-refractivity contribution in [1.29, 1.82) is 0 Å². The first kappa shape index (κ1) is 18.5. The lowest BCUT2D eigenvalue weighted by Crippen LogP contribution is -2.28. The number of carbonyl (C=O) groups is 2. The number of ether oxygens (including phenoxy) is 1. The van der Waals surface area contributed by atoms with Gasteiger partial charge in [0.2, 0.25) is 11.8 Å². The van der Waals surface area contributed by atoms with Crippen molar-refractivity contribution in [3.63, 3.8) is 0 Å². The molecule has 2 aromatic carbocycles. The second kappa shape index (κ2) is 7.91. The average Bonchev–Trinajstić information content (AvgIpc) is 3.01. The third-order valence-corrected chi connectivity index (χ3v) is 4.90. The van der Waals surface area contributed by atoms with Crippen LogP contribution in [0.15, 0.2) is 46.9 Å². The van der Waals surface area contributed by atoms with Gasteiger partial charge in [0, 0.05) is 23.1 Å². The van der Waals surface area contributed by atoms with Crippen LogP contribution < -0.4 is 15.0 Å². The molecular formula is C20H21BrN2O3. The lowest BCUT2D eigenvalue weighted by Gasteiger charge is -2.20. The number of aryl methyl sites for hydroxylation is 1. The van der Waals surface area contributed by atoms with Crippen LogP contribution in [0.1, 0.15) is 18.9 Å². The number of anilines is 2. The summed E-state index contributed by atoms with van der Waals surface area (Å²) in [5.74, 6) is 0.0574. The van der Waals surface area contributed by atoms with E-state index in [0.717, 1.165) is 15.7 Å². The van der Waals surface area contributed by atoms with Crippen LogP contribution in [0.3, 0.4) is 0 Å². The molecule has 0 bridgehead atoms. The standard InChI is InChI=1S/C20H21BrN2O3/c1-3-26-18-7-5-4-6-17(18)23-12-14(10-19(23)24)20(25)22-16-11-15(21)9-8-13(16)2/h4-9,11,14H,3,10,12H2,1-2H3,(H,22,25). The summed E-state index contributed by atoms with van der Waals surface area (Å²) in [6.07, 6.45) is 0.194. The van der Waals surface area contributed by atoms with Crippen LogP contribution in [0.4, 0.5) is 11.4 Å². The van der Waals surface area contributed by atoms with E-state index in [0.29, 0.717) is 24.6 Å². The zero-order chi connectivity index (χ0) is 18.7. The number of hydrogen-bond donors (Lipinski definition) is 1. The van der Waals surface area contributed by atoms with Crippen molar-refractivity contribution in [2.45, 2.75) is 20.3 Å². The number of nitrogens with zero attached hydrogens (tertiary/aromatic N) is 1. The van der Waals surface area contributed by atoms with Crippen molar-refractivity contribution in [2.75, 3.05) is 23.4 Å². The first-order valence-corrected chi connectivity index (χ1v) is 9.38. The van der Waals surface area contributed by atoms with Gasteiger partial charge in [-0.25, -0.2) is 0 Å². The summed E-state index contributed by atoms with van der Waals surface area (Å²) in [5, 5.41) is 2.95. The summed E-state index contributed by atoms with van der Waals surface area (Å²) >= 11 is 3.41. The van der Waals surface area contributed by atoms with Crippen LogP contribution in [0.2, 0.25) is 0 Å². The van der Waals surface area contributed by atoms with Gasteiger partial charge >= 0.3 is 0 Å². The zero-order valence-corrected chi connectivity index (χ0v) is 16.4. The summed E-state index contributed by atoms with van der Waals surface area (Å²) in [7, 11) is 0. The SMILES string of the molecule is CCOc1ccccc1N1CC(C(=O)Nc2cc(Br)ccc2C)CC1=O. The Morgan fingerprint density at radius 1 is 1.31 bits per heavy atom. The van der Waals surface area contributed by atoms with Crippen LogP contribution in [-0.4, -0.2) is 25.0 Å². The fourth-order valence-corrected chi connectivity index (χ4v) is 3.40. The third kappa shape index (κ3) is 3.90. The molecule has 0 spiro atoms. The van der Waals surface area contributed by atoms with Crippen molar-refractivity contribution < 1.29 is 14.3 Å². The van der Waals surface area contributed by atoms with Crippen LogP contribution >= 0.6 is 15.9 Å². The molecule has 0 aliphatic carbocycles.